The molecule has 2 aliphatic rings. The van der Waals surface area contributed by atoms with Crippen LogP contribution in [0.25, 0.3) is 0 Å². The van der Waals surface area contributed by atoms with Crippen LogP contribution in [0.1, 0.15) is 23.0 Å². The Balaban J connectivity index is 1.53. The van der Waals surface area contributed by atoms with Crippen molar-refractivity contribution in [1.29, 1.82) is 0 Å². The summed E-state index contributed by atoms with van der Waals surface area (Å²) in [4.78, 5) is 0.242. The minimum atomic E-state index is -3.85. The first-order valence-corrected chi connectivity index (χ1v) is 13.6. The van der Waals surface area contributed by atoms with E-state index in [9.17, 15) is 8.42 Å². The third-order valence-electron chi connectivity index (χ3n) is 6.74. The standard InChI is InChI=1S/C28H31NO6S/c1-19-13-15-22(16-14-19)36(30,31)26-24(29-17-20-9-5-3-6-10-20)28(32-2)34-23-18-33-27(35-25(23)26)21-11-7-4-8-12-21/h3-16,23-29H,17-18H2,1-2H3/t23-,24-,25-,26-,27-,28+/m1/s1. The molecule has 36 heavy (non-hydrogen) atoms. The van der Waals surface area contributed by atoms with E-state index in [1.54, 1.807) is 12.1 Å². The van der Waals surface area contributed by atoms with Crippen LogP contribution in [0.3, 0.4) is 0 Å². The number of ether oxygens (including phenoxy) is 4. The zero-order valence-electron chi connectivity index (χ0n) is 20.3. The Morgan fingerprint density at radius 2 is 1.58 bits per heavy atom. The van der Waals surface area contributed by atoms with Gasteiger partial charge in [-0.3, -0.25) is 0 Å². The van der Waals surface area contributed by atoms with E-state index < -0.39 is 45.9 Å². The Kier molecular flexibility index (Phi) is 7.52. The summed E-state index contributed by atoms with van der Waals surface area (Å²) in [7, 11) is -2.33. The lowest BCUT2D eigenvalue weighted by molar-refractivity contribution is -0.317. The van der Waals surface area contributed by atoms with Crippen LogP contribution in [-0.2, 0) is 35.3 Å². The number of hydrogen-bond donors (Lipinski definition) is 1. The SMILES string of the molecule is CO[C@H]1O[C@@H]2CO[C@@H](c3ccccc3)O[C@H]2[C@H](S(=O)(=O)c2ccc(C)cc2)[C@H]1NCc1ccccc1. The molecule has 0 spiro atoms. The van der Waals surface area contributed by atoms with Gasteiger partial charge in [-0.25, -0.2) is 8.42 Å². The van der Waals surface area contributed by atoms with Crippen LogP contribution in [0.2, 0.25) is 0 Å². The van der Waals surface area contributed by atoms with Gasteiger partial charge < -0.3 is 24.3 Å². The van der Waals surface area contributed by atoms with Gasteiger partial charge >= 0.3 is 0 Å². The number of rotatable bonds is 7. The molecule has 2 saturated heterocycles. The quantitative estimate of drug-likeness (QED) is 0.519. The molecule has 190 valence electrons. The smallest absolute Gasteiger partial charge is 0.185 e. The molecular formula is C28H31NO6S. The molecule has 7 nitrogen and oxygen atoms in total. The van der Waals surface area contributed by atoms with Gasteiger partial charge in [-0.1, -0.05) is 78.4 Å². The maximum Gasteiger partial charge on any atom is 0.185 e. The van der Waals surface area contributed by atoms with Crippen LogP contribution in [0.4, 0.5) is 0 Å². The largest absolute Gasteiger partial charge is 0.354 e. The van der Waals surface area contributed by atoms with Crippen molar-refractivity contribution in [3.63, 3.8) is 0 Å². The summed E-state index contributed by atoms with van der Waals surface area (Å²) in [6, 6.07) is 25.6. The highest BCUT2D eigenvalue weighted by Crippen LogP contribution is 2.38. The lowest BCUT2D eigenvalue weighted by Crippen LogP contribution is -2.67. The van der Waals surface area contributed by atoms with Gasteiger partial charge in [0.1, 0.15) is 17.5 Å². The maximum atomic E-state index is 14.2. The third-order valence-corrected chi connectivity index (χ3v) is 8.94. The van der Waals surface area contributed by atoms with Crippen molar-refractivity contribution in [1.82, 2.24) is 5.32 Å². The van der Waals surface area contributed by atoms with Crippen molar-refractivity contribution in [3.8, 4) is 0 Å². The summed E-state index contributed by atoms with van der Waals surface area (Å²) in [5, 5.41) is 2.44. The van der Waals surface area contributed by atoms with E-state index in [4.69, 9.17) is 18.9 Å². The summed E-state index contributed by atoms with van der Waals surface area (Å²) in [5.74, 6) is 0. The fourth-order valence-electron chi connectivity index (χ4n) is 4.85. The van der Waals surface area contributed by atoms with Gasteiger partial charge in [-0.15, -0.1) is 0 Å². The number of benzene rings is 3. The molecule has 3 aromatic carbocycles. The van der Waals surface area contributed by atoms with Gasteiger partial charge in [0.2, 0.25) is 0 Å². The molecule has 8 heteroatoms. The van der Waals surface area contributed by atoms with E-state index in [1.807, 2.05) is 79.7 Å². The van der Waals surface area contributed by atoms with Crippen molar-refractivity contribution in [2.45, 2.75) is 54.4 Å². The van der Waals surface area contributed by atoms with Gasteiger partial charge in [-0.05, 0) is 24.6 Å². The Morgan fingerprint density at radius 3 is 2.25 bits per heavy atom. The fraction of sp³-hybridized carbons (Fsp3) is 0.357. The number of fused-ring (bicyclic) bond motifs is 1. The molecule has 2 aliphatic heterocycles. The van der Waals surface area contributed by atoms with Gasteiger partial charge in [0.15, 0.2) is 22.4 Å². The number of hydrogen-bond acceptors (Lipinski definition) is 7. The predicted octanol–water partition coefficient (Wildman–Crippen LogP) is 3.78. The average Bonchev–Trinajstić information content (AvgIpc) is 2.92. The first-order chi connectivity index (χ1) is 17.5. The predicted molar refractivity (Wildman–Crippen MR) is 135 cm³/mol. The molecule has 0 bridgehead atoms. The molecule has 0 aliphatic carbocycles. The zero-order valence-corrected chi connectivity index (χ0v) is 21.1. The Labute approximate surface area is 212 Å². The van der Waals surface area contributed by atoms with Crippen molar-refractivity contribution in [2.24, 2.45) is 0 Å². The lowest BCUT2D eigenvalue weighted by atomic mass is 9.98. The molecule has 2 heterocycles. The molecule has 5 rings (SSSR count). The summed E-state index contributed by atoms with van der Waals surface area (Å²) in [5.41, 5.74) is 2.83. The van der Waals surface area contributed by atoms with E-state index in [0.717, 1.165) is 16.7 Å². The van der Waals surface area contributed by atoms with E-state index in [1.165, 1.54) is 7.11 Å². The van der Waals surface area contributed by atoms with Crippen LogP contribution in [-0.4, -0.2) is 51.9 Å². The van der Waals surface area contributed by atoms with E-state index in [0.29, 0.717) is 6.54 Å². The minimum absolute atomic E-state index is 0.190. The maximum absolute atomic E-state index is 14.2. The minimum Gasteiger partial charge on any atom is -0.354 e. The fourth-order valence-corrected chi connectivity index (χ4v) is 6.89. The van der Waals surface area contributed by atoms with Gasteiger partial charge in [0.25, 0.3) is 0 Å². The lowest BCUT2D eigenvalue weighted by Gasteiger charge is -2.49. The van der Waals surface area contributed by atoms with Crippen LogP contribution >= 0.6 is 0 Å². The number of nitrogens with one attached hydrogen (secondary N) is 1. The molecule has 2 fully saturated rings. The average molecular weight is 510 g/mol. The Bertz CT molecular complexity index is 1230. The molecule has 0 saturated carbocycles. The second-order valence-corrected chi connectivity index (χ2v) is 11.3. The molecule has 3 aromatic rings. The van der Waals surface area contributed by atoms with Crippen LogP contribution in [0.15, 0.2) is 89.8 Å². The number of aryl methyl sites for hydroxylation is 1. The second kappa shape index (κ2) is 10.8. The van der Waals surface area contributed by atoms with E-state index in [2.05, 4.69) is 5.32 Å². The Morgan fingerprint density at radius 1 is 0.917 bits per heavy atom. The van der Waals surface area contributed by atoms with Gasteiger partial charge in [0, 0.05) is 19.2 Å². The molecular weight excluding hydrogens is 478 g/mol. The van der Waals surface area contributed by atoms with Crippen molar-refractivity contribution >= 4 is 9.84 Å². The zero-order chi connectivity index (χ0) is 25.1. The van der Waals surface area contributed by atoms with Gasteiger partial charge in [0.05, 0.1) is 17.5 Å². The van der Waals surface area contributed by atoms with Crippen LogP contribution in [0.5, 0.6) is 0 Å². The highest BCUT2D eigenvalue weighted by atomic mass is 32.2. The second-order valence-electron chi connectivity index (χ2n) is 9.17. The highest BCUT2D eigenvalue weighted by molar-refractivity contribution is 7.92. The van der Waals surface area contributed by atoms with Crippen molar-refractivity contribution in [3.05, 3.63) is 102 Å². The summed E-state index contributed by atoms with van der Waals surface area (Å²) in [6.07, 6.45) is -2.87. The molecule has 6 atom stereocenters. The topological polar surface area (TPSA) is 83.1 Å². The number of sulfone groups is 1. The third kappa shape index (κ3) is 5.11. The number of methoxy groups -OCH3 is 1. The van der Waals surface area contributed by atoms with Crippen molar-refractivity contribution < 1.29 is 27.4 Å². The Hall–Kier alpha value is -2.59. The summed E-state index contributed by atoms with van der Waals surface area (Å²) >= 11 is 0. The van der Waals surface area contributed by atoms with E-state index in [-0.39, 0.29) is 11.5 Å². The van der Waals surface area contributed by atoms with Crippen molar-refractivity contribution in [2.75, 3.05) is 13.7 Å². The molecule has 0 unspecified atom stereocenters. The molecule has 1 N–H and O–H groups in total. The molecule has 0 radical (unpaired) electrons. The van der Waals surface area contributed by atoms with Crippen LogP contribution < -0.4 is 5.32 Å². The normalized spacial score (nSPS) is 28.4. The monoisotopic (exact) mass is 509 g/mol. The van der Waals surface area contributed by atoms with Crippen LogP contribution in [0, 0.1) is 6.92 Å². The first kappa shape index (κ1) is 25.1. The van der Waals surface area contributed by atoms with Gasteiger partial charge in [-0.2, -0.15) is 0 Å². The molecule has 0 amide bonds. The summed E-state index contributed by atoms with van der Waals surface area (Å²) in [6.45, 7) is 2.57. The first-order valence-electron chi connectivity index (χ1n) is 12.1. The molecule has 0 aromatic heterocycles. The highest BCUT2D eigenvalue weighted by Gasteiger charge is 2.55. The van der Waals surface area contributed by atoms with E-state index >= 15 is 0 Å². The summed E-state index contributed by atoms with van der Waals surface area (Å²) < 4.78 is 52.6.